The van der Waals surface area contributed by atoms with Crippen LogP contribution >= 0.6 is 35.6 Å². The Morgan fingerprint density at radius 3 is 2.59 bits per heavy atom. The van der Waals surface area contributed by atoms with Crippen molar-refractivity contribution in [2.24, 2.45) is 0 Å². The molecule has 16 heteroatoms. The van der Waals surface area contributed by atoms with Gasteiger partial charge in [0.05, 0.1) is 18.3 Å². The molecule has 1 aliphatic carbocycles. The van der Waals surface area contributed by atoms with Gasteiger partial charge in [0.25, 0.3) is 6.33 Å². The Morgan fingerprint density at radius 1 is 1.10 bits per heavy atom. The Kier molecular flexibility index (Phi) is 13.2. The molecule has 2 aromatic carbocycles. The maximum Gasteiger partial charge on any atom is 0.334 e. The molecule has 4 heterocycles. The van der Waals surface area contributed by atoms with Crippen molar-refractivity contribution in [3.63, 3.8) is 0 Å². The Balaban J connectivity index is 0.00000252. The minimum absolute atomic E-state index is 0. The minimum atomic E-state index is -1.12. The molecular weight excluding hydrogens is 738 g/mol. The number of hydrazine groups is 1. The number of allylic oxidation sites excluding steroid dienone is 2. The summed E-state index contributed by atoms with van der Waals surface area (Å²) in [5.41, 5.74) is 4.44. The number of halogens is 4. The summed E-state index contributed by atoms with van der Waals surface area (Å²) < 4.78 is 20.8. The first-order valence-corrected chi connectivity index (χ1v) is 17.7. The molecule has 0 spiro atoms. The van der Waals surface area contributed by atoms with Crippen LogP contribution in [0.1, 0.15) is 31.7 Å². The third kappa shape index (κ3) is 8.44. The molecule has 2 N–H and O–H groups in total. The normalized spacial score (nSPS) is 25.1. The van der Waals surface area contributed by atoms with Crippen molar-refractivity contribution >= 4 is 47.3 Å². The van der Waals surface area contributed by atoms with Crippen molar-refractivity contribution in [1.82, 2.24) is 30.4 Å². The second-order valence-corrected chi connectivity index (χ2v) is 13.7. The van der Waals surface area contributed by atoms with Gasteiger partial charge in [0, 0.05) is 60.5 Å². The maximum absolute atomic E-state index is 13.2. The number of anilines is 1. The van der Waals surface area contributed by atoms with Crippen molar-refractivity contribution in [1.29, 1.82) is 0 Å². The third-order valence-corrected chi connectivity index (χ3v) is 10.2. The molecule has 12 nitrogen and oxygen atoms in total. The van der Waals surface area contributed by atoms with Crippen LogP contribution in [0.3, 0.4) is 0 Å². The predicted molar refractivity (Wildman–Crippen MR) is 193 cm³/mol. The number of H-pyrrole nitrogens is 1. The molecule has 51 heavy (non-hydrogen) atoms. The Hall–Kier alpha value is -3.07. The summed E-state index contributed by atoms with van der Waals surface area (Å²) in [5, 5.41) is 9.90. The van der Waals surface area contributed by atoms with Gasteiger partial charge in [-0.25, -0.2) is 14.4 Å². The highest BCUT2D eigenvalue weighted by Crippen LogP contribution is 2.40. The molecule has 276 valence electrons. The molecule has 1 aromatic heterocycles. The number of hydrogen-bond donors (Lipinski definition) is 2. The molecule has 3 unspecified atom stereocenters. The molecule has 2 amide bonds. The summed E-state index contributed by atoms with van der Waals surface area (Å²) in [6.07, 6.45) is 14.5. The van der Waals surface area contributed by atoms with Crippen LogP contribution in [-0.2, 0) is 21.8 Å². The van der Waals surface area contributed by atoms with Crippen LogP contribution < -0.4 is 32.0 Å². The van der Waals surface area contributed by atoms with Gasteiger partial charge in [0.1, 0.15) is 30.7 Å². The fourth-order valence-corrected chi connectivity index (χ4v) is 7.62. The Bertz CT molecular complexity index is 1660. The standard InChI is InChI=1S/C35H42Cl2N8O4.2ClH/c1-2-3-15-44-26-45(33(46)40-44)34(13-5-4-6-14-34)43-18-16-42(17-19-43)28-8-10-29(11-9-28)47-21-30-22-48-35(49-30,23-41-24-38-39-25-41)31-12-7-27(36)20-32(31)37;;/h4-13,20,24-25,30H,2-3,14-19,21-23,26H2,1H3,(H,40,46);2*1H. The molecule has 7 rings (SSSR count). The number of piperazine rings is 1. The van der Waals surface area contributed by atoms with E-state index in [0.717, 1.165) is 63.4 Å². The molecule has 0 saturated carbocycles. The van der Waals surface area contributed by atoms with E-state index >= 15 is 0 Å². The van der Waals surface area contributed by atoms with Gasteiger partial charge in [-0.05, 0) is 48.9 Å². The summed E-state index contributed by atoms with van der Waals surface area (Å²) in [6.45, 7) is 7.98. The van der Waals surface area contributed by atoms with E-state index in [1.54, 1.807) is 24.8 Å². The van der Waals surface area contributed by atoms with E-state index in [2.05, 4.69) is 68.8 Å². The van der Waals surface area contributed by atoms with Crippen LogP contribution in [-0.4, -0.2) is 95.4 Å². The summed E-state index contributed by atoms with van der Waals surface area (Å²) >= 11 is 12.8. The number of carbonyl (C=O) groups is 1. The Morgan fingerprint density at radius 2 is 1.90 bits per heavy atom. The molecule has 3 saturated heterocycles. The van der Waals surface area contributed by atoms with Crippen molar-refractivity contribution in [2.75, 3.05) is 57.5 Å². The van der Waals surface area contributed by atoms with E-state index in [1.807, 2.05) is 32.7 Å². The van der Waals surface area contributed by atoms with Gasteiger partial charge in [-0.2, -0.15) is 0 Å². The van der Waals surface area contributed by atoms with Crippen LogP contribution in [0, 0.1) is 0 Å². The van der Waals surface area contributed by atoms with E-state index in [1.165, 1.54) is 0 Å². The monoisotopic (exact) mass is 780 g/mol. The fraction of sp³-hybridized carbons (Fsp3) is 0.457. The summed E-state index contributed by atoms with van der Waals surface area (Å²) in [6, 6.07) is 13.5. The van der Waals surface area contributed by atoms with Gasteiger partial charge in [-0.3, -0.25) is 15.2 Å². The van der Waals surface area contributed by atoms with E-state index in [4.69, 9.17) is 37.4 Å². The van der Waals surface area contributed by atoms with Crippen molar-refractivity contribution in [2.45, 2.75) is 50.3 Å². The molecule has 3 atom stereocenters. The lowest BCUT2D eigenvalue weighted by Gasteiger charge is -2.50. The van der Waals surface area contributed by atoms with Gasteiger partial charge in [0.15, 0.2) is 0 Å². The molecule has 0 bridgehead atoms. The van der Waals surface area contributed by atoms with Crippen LogP contribution in [0.4, 0.5) is 10.5 Å². The lowest BCUT2D eigenvalue weighted by Crippen LogP contribution is -3.00. The maximum atomic E-state index is 13.2. The van der Waals surface area contributed by atoms with E-state index in [9.17, 15) is 4.79 Å². The fourth-order valence-electron chi connectivity index (χ4n) is 7.07. The lowest BCUT2D eigenvalue weighted by atomic mass is 9.96. The first-order valence-electron chi connectivity index (χ1n) is 16.9. The van der Waals surface area contributed by atoms with Crippen LogP contribution in [0.25, 0.3) is 0 Å². The SMILES string of the molecule is CCCCN1CN(C2(N3CCN(c4ccc(OCC5COC(C[n+]6cn[nH]c6)(c6ccc(Cl)cc6Cl)O5)cc4)CC3)C=CC=CC2)C(=O)N1.Cl.[Cl-]. The van der Waals surface area contributed by atoms with Crippen molar-refractivity contribution in [3.05, 3.63) is 95.0 Å². The van der Waals surface area contributed by atoms with Gasteiger partial charge in [0.2, 0.25) is 12.1 Å². The van der Waals surface area contributed by atoms with Crippen LogP contribution in [0.5, 0.6) is 5.75 Å². The van der Waals surface area contributed by atoms with Gasteiger partial charge in [-0.1, -0.05) is 60.8 Å². The number of carbonyl (C=O) groups excluding carboxylic acids is 1. The topological polar surface area (TPSA) is 102 Å². The summed E-state index contributed by atoms with van der Waals surface area (Å²) in [5.74, 6) is -0.367. The molecule has 3 aromatic rings. The second-order valence-electron chi connectivity index (χ2n) is 12.9. The zero-order valence-electron chi connectivity index (χ0n) is 28.4. The van der Waals surface area contributed by atoms with Crippen molar-refractivity contribution < 1.29 is 36.0 Å². The average molecular weight is 783 g/mol. The smallest absolute Gasteiger partial charge is 0.334 e. The highest BCUT2D eigenvalue weighted by atomic mass is 35.5. The summed E-state index contributed by atoms with van der Waals surface area (Å²) in [4.78, 5) is 20.0. The number of hydrogen-bond acceptors (Lipinski definition) is 8. The van der Waals surface area contributed by atoms with Crippen LogP contribution in [0.15, 0.2) is 79.4 Å². The van der Waals surface area contributed by atoms with E-state index < -0.39 is 11.4 Å². The highest BCUT2D eigenvalue weighted by Gasteiger charge is 2.48. The number of benzene rings is 2. The quantitative estimate of drug-likeness (QED) is 0.270. The third-order valence-electron chi connectivity index (χ3n) is 9.65. The number of ether oxygens (including phenoxy) is 3. The first-order chi connectivity index (χ1) is 23.9. The van der Waals surface area contributed by atoms with Crippen LogP contribution in [0.2, 0.25) is 10.0 Å². The highest BCUT2D eigenvalue weighted by molar-refractivity contribution is 6.35. The molecule has 0 radical (unpaired) electrons. The molecular formula is C35H44Cl4N8O4. The Labute approximate surface area is 321 Å². The zero-order valence-corrected chi connectivity index (χ0v) is 31.5. The second kappa shape index (κ2) is 17.2. The lowest BCUT2D eigenvalue weighted by molar-refractivity contribution is -0.720. The number of nitrogens with zero attached hydrogens (tertiary/aromatic N) is 6. The molecule has 3 fully saturated rings. The first kappa shape index (κ1) is 39.1. The molecule has 3 aliphatic heterocycles. The van der Waals surface area contributed by atoms with Gasteiger partial charge >= 0.3 is 6.03 Å². The summed E-state index contributed by atoms with van der Waals surface area (Å²) in [7, 11) is 0. The predicted octanol–water partition coefficient (Wildman–Crippen LogP) is 2.11. The van der Waals surface area contributed by atoms with Gasteiger partial charge in [-0.15, -0.1) is 17.5 Å². The minimum Gasteiger partial charge on any atom is -1.00 e. The average Bonchev–Trinajstić information content (AvgIpc) is 3.88. The number of unbranched alkanes of at least 4 members (excludes halogenated alkanes) is 1. The largest absolute Gasteiger partial charge is 1.00 e. The van der Waals surface area contributed by atoms with Crippen molar-refractivity contribution in [3.8, 4) is 5.75 Å². The number of aromatic nitrogens is 3. The number of urea groups is 1. The zero-order chi connectivity index (χ0) is 33.8. The number of aromatic amines is 1. The molecule has 4 aliphatic rings. The number of amides is 2. The van der Waals surface area contributed by atoms with E-state index in [0.29, 0.717) is 42.0 Å². The van der Waals surface area contributed by atoms with Gasteiger partial charge < -0.3 is 31.5 Å². The number of rotatable bonds is 12. The van der Waals surface area contributed by atoms with E-state index in [-0.39, 0.29) is 36.9 Å². The number of nitrogens with one attached hydrogen (secondary N) is 2.